The number of rotatable bonds is 7. The molecule has 3 rings (SSSR count). The molecule has 2 aliphatic heterocycles. The van der Waals surface area contributed by atoms with Gasteiger partial charge in [-0.1, -0.05) is 12.1 Å². The minimum Gasteiger partial charge on any atom is -0.492 e. The SMILES string of the molecule is CCOc1ccccc1S(=O)(=O)NCC1CCN([C@H]2CCSC2)CC1. The summed E-state index contributed by atoms with van der Waals surface area (Å²) in [5.74, 6) is 3.38. The smallest absolute Gasteiger partial charge is 0.244 e. The molecule has 5 nitrogen and oxygen atoms in total. The number of hydrogen-bond donors (Lipinski definition) is 1. The van der Waals surface area contributed by atoms with Gasteiger partial charge in [-0.2, -0.15) is 11.8 Å². The van der Waals surface area contributed by atoms with Crippen LogP contribution in [-0.4, -0.2) is 57.1 Å². The average Bonchev–Trinajstić information content (AvgIpc) is 3.16. The molecule has 0 saturated carbocycles. The number of piperidine rings is 1. The van der Waals surface area contributed by atoms with Crippen LogP contribution in [-0.2, 0) is 10.0 Å². The minimum absolute atomic E-state index is 0.234. The highest BCUT2D eigenvalue weighted by Crippen LogP contribution is 2.27. The standard InChI is InChI=1S/C18H28N2O3S2/c1-2-23-17-5-3-4-6-18(17)25(21,22)19-13-15-7-10-20(11-8-15)16-9-12-24-14-16/h3-6,15-16,19H,2,7-14H2,1H3/t16-/m0/s1. The third-order valence-corrected chi connectivity index (χ3v) is 7.68. The monoisotopic (exact) mass is 384 g/mol. The van der Waals surface area contributed by atoms with E-state index in [0.717, 1.165) is 32.0 Å². The molecule has 25 heavy (non-hydrogen) atoms. The van der Waals surface area contributed by atoms with E-state index in [1.807, 2.05) is 18.7 Å². The number of hydrogen-bond acceptors (Lipinski definition) is 5. The highest BCUT2D eigenvalue weighted by Gasteiger charge is 2.28. The van der Waals surface area contributed by atoms with E-state index >= 15 is 0 Å². The van der Waals surface area contributed by atoms with Gasteiger partial charge in [0.05, 0.1) is 6.61 Å². The van der Waals surface area contributed by atoms with Crippen LogP contribution in [0.3, 0.4) is 0 Å². The van der Waals surface area contributed by atoms with Crippen LogP contribution >= 0.6 is 11.8 Å². The van der Waals surface area contributed by atoms with Crippen LogP contribution in [0.4, 0.5) is 0 Å². The fourth-order valence-electron chi connectivity index (χ4n) is 3.58. The van der Waals surface area contributed by atoms with Crippen LogP contribution in [0.5, 0.6) is 5.75 Å². The molecular formula is C18H28N2O3S2. The van der Waals surface area contributed by atoms with E-state index in [-0.39, 0.29) is 4.90 Å². The molecule has 0 radical (unpaired) electrons. The summed E-state index contributed by atoms with van der Waals surface area (Å²) in [6.07, 6.45) is 3.43. The molecule has 0 unspecified atom stereocenters. The van der Waals surface area contributed by atoms with Gasteiger partial charge in [-0.25, -0.2) is 13.1 Å². The summed E-state index contributed by atoms with van der Waals surface area (Å²) >= 11 is 2.05. The van der Waals surface area contributed by atoms with E-state index in [1.54, 1.807) is 24.3 Å². The van der Waals surface area contributed by atoms with Gasteiger partial charge >= 0.3 is 0 Å². The van der Waals surface area contributed by atoms with E-state index in [2.05, 4.69) is 9.62 Å². The first kappa shape index (κ1) is 19.0. The number of ether oxygens (including phenoxy) is 1. The molecular weight excluding hydrogens is 356 g/mol. The molecule has 2 fully saturated rings. The summed E-state index contributed by atoms with van der Waals surface area (Å²) in [5, 5.41) is 0. The first-order valence-electron chi connectivity index (χ1n) is 9.13. The molecule has 7 heteroatoms. The maximum Gasteiger partial charge on any atom is 0.244 e. The van der Waals surface area contributed by atoms with Crippen LogP contribution in [0.25, 0.3) is 0 Å². The van der Waals surface area contributed by atoms with Crippen molar-refractivity contribution in [3.63, 3.8) is 0 Å². The zero-order valence-corrected chi connectivity index (χ0v) is 16.4. The zero-order valence-electron chi connectivity index (χ0n) is 14.8. The Bertz CT molecular complexity index is 652. The number of nitrogens with one attached hydrogen (secondary N) is 1. The fourth-order valence-corrected chi connectivity index (χ4v) is 6.10. The molecule has 0 aromatic heterocycles. The summed E-state index contributed by atoms with van der Waals surface area (Å²) in [4.78, 5) is 2.83. The van der Waals surface area contributed by atoms with E-state index in [1.165, 1.54) is 17.9 Å². The minimum atomic E-state index is -3.53. The van der Waals surface area contributed by atoms with Gasteiger partial charge in [-0.05, 0) is 63.1 Å². The molecule has 0 aliphatic carbocycles. The second-order valence-electron chi connectivity index (χ2n) is 6.73. The van der Waals surface area contributed by atoms with Crippen molar-refractivity contribution in [1.29, 1.82) is 0 Å². The number of sulfonamides is 1. The van der Waals surface area contributed by atoms with Gasteiger partial charge < -0.3 is 4.74 Å². The molecule has 1 aromatic carbocycles. The predicted octanol–water partition coefficient (Wildman–Crippen LogP) is 2.58. The lowest BCUT2D eigenvalue weighted by atomic mass is 9.96. The molecule has 0 bridgehead atoms. The van der Waals surface area contributed by atoms with Crippen LogP contribution in [0.15, 0.2) is 29.2 Å². The zero-order chi connectivity index (χ0) is 17.7. The van der Waals surface area contributed by atoms with Crippen molar-refractivity contribution < 1.29 is 13.2 Å². The predicted molar refractivity (Wildman–Crippen MR) is 103 cm³/mol. The second-order valence-corrected chi connectivity index (χ2v) is 9.61. The first-order valence-corrected chi connectivity index (χ1v) is 11.8. The lowest BCUT2D eigenvalue weighted by Crippen LogP contribution is -2.43. The average molecular weight is 385 g/mol. The summed E-state index contributed by atoms with van der Waals surface area (Å²) in [6.45, 7) is 4.99. The molecule has 1 N–H and O–H groups in total. The van der Waals surface area contributed by atoms with Gasteiger partial charge in [-0.15, -0.1) is 0 Å². The lowest BCUT2D eigenvalue weighted by molar-refractivity contribution is 0.145. The molecule has 0 spiro atoms. The van der Waals surface area contributed by atoms with Crippen molar-refractivity contribution >= 4 is 21.8 Å². The molecule has 0 amide bonds. The number of thioether (sulfide) groups is 1. The Balaban J connectivity index is 1.53. The fraction of sp³-hybridized carbons (Fsp3) is 0.667. The highest BCUT2D eigenvalue weighted by atomic mass is 32.2. The van der Waals surface area contributed by atoms with Gasteiger partial charge in [0.1, 0.15) is 10.6 Å². The van der Waals surface area contributed by atoms with Gasteiger partial charge in [0.15, 0.2) is 0 Å². The highest BCUT2D eigenvalue weighted by molar-refractivity contribution is 7.99. The topological polar surface area (TPSA) is 58.6 Å². The second kappa shape index (κ2) is 8.75. The van der Waals surface area contributed by atoms with E-state index in [0.29, 0.717) is 24.8 Å². The Hall–Kier alpha value is -0.760. The lowest BCUT2D eigenvalue weighted by Gasteiger charge is -2.35. The molecule has 2 saturated heterocycles. The molecule has 1 aromatic rings. The van der Waals surface area contributed by atoms with E-state index in [4.69, 9.17) is 4.74 Å². The quantitative estimate of drug-likeness (QED) is 0.783. The van der Waals surface area contributed by atoms with Crippen molar-refractivity contribution in [2.24, 2.45) is 5.92 Å². The van der Waals surface area contributed by atoms with Gasteiger partial charge in [0, 0.05) is 18.3 Å². The molecule has 2 heterocycles. The maximum absolute atomic E-state index is 12.6. The van der Waals surface area contributed by atoms with Gasteiger partial charge in [0.2, 0.25) is 10.0 Å². The van der Waals surface area contributed by atoms with Crippen molar-refractivity contribution in [3.8, 4) is 5.75 Å². The molecule has 140 valence electrons. The molecule has 1 atom stereocenters. The van der Waals surface area contributed by atoms with Crippen molar-refractivity contribution in [2.75, 3.05) is 37.7 Å². The summed E-state index contributed by atoms with van der Waals surface area (Å²) in [7, 11) is -3.53. The number of para-hydroxylation sites is 1. The molecule has 2 aliphatic rings. The van der Waals surface area contributed by atoms with E-state index in [9.17, 15) is 8.42 Å². The first-order chi connectivity index (χ1) is 12.1. The maximum atomic E-state index is 12.6. The summed E-state index contributed by atoms with van der Waals surface area (Å²) in [6, 6.07) is 7.57. The van der Waals surface area contributed by atoms with Crippen molar-refractivity contribution in [2.45, 2.75) is 37.1 Å². The van der Waals surface area contributed by atoms with Crippen LogP contribution in [0.1, 0.15) is 26.2 Å². The Morgan fingerprint density at radius 3 is 2.68 bits per heavy atom. The summed E-state index contributed by atoms with van der Waals surface area (Å²) in [5.41, 5.74) is 0. The van der Waals surface area contributed by atoms with Crippen LogP contribution in [0, 0.1) is 5.92 Å². The van der Waals surface area contributed by atoms with E-state index < -0.39 is 10.0 Å². The Morgan fingerprint density at radius 1 is 1.24 bits per heavy atom. The van der Waals surface area contributed by atoms with Crippen LogP contribution < -0.4 is 9.46 Å². The third kappa shape index (κ3) is 4.90. The van der Waals surface area contributed by atoms with Gasteiger partial charge in [0.25, 0.3) is 0 Å². The van der Waals surface area contributed by atoms with Crippen molar-refractivity contribution in [3.05, 3.63) is 24.3 Å². The Morgan fingerprint density at radius 2 is 2.00 bits per heavy atom. The number of likely N-dealkylation sites (tertiary alicyclic amines) is 1. The Labute approximate surface area is 155 Å². The summed E-state index contributed by atoms with van der Waals surface area (Å²) < 4.78 is 33.5. The number of nitrogens with zero attached hydrogens (tertiary/aromatic N) is 1. The Kier molecular flexibility index (Phi) is 6.66. The normalized spacial score (nSPS) is 23.0. The van der Waals surface area contributed by atoms with Crippen molar-refractivity contribution in [1.82, 2.24) is 9.62 Å². The number of benzene rings is 1. The van der Waals surface area contributed by atoms with Crippen LogP contribution in [0.2, 0.25) is 0 Å². The third-order valence-electron chi connectivity index (χ3n) is 5.07. The van der Waals surface area contributed by atoms with Gasteiger partial charge in [-0.3, -0.25) is 4.90 Å². The largest absolute Gasteiger partial charge is 0.492 e.